The fraction of sp³-hybridized carbons (Fsp3) is 0.0500. The van der Waals surface area contributed by atoms with Crippen LogP contribution in [0.3, 0.4) is 0 Å². The zero-order chi connectivity index (χ0) is 17.8. The van der Waals surface area contributed by atoms with Gasteiger partial charge in [0, 0.05) is 26.0 Å². The van der Waals surface area contributed by atoms with E-state index >= 15 is 0 Å². The first-order valence-electron chi connectivity index (χ1n) is 7.57. The Morgan fingerprint density at radius 2 is 2.00 bits per heavy atom. The van der Waals surface area contributed by atoms with Gasteiger partial charge in [0.2, 0.25) is 0 Å². The Hall–Kier alpha value is -2.81. The fourth-order valence-electron chi connectivity index (χ4n) is 2.61. The van der Waals surface area contributed by atoms with Gasteiger partial charge in [0.1, 0.15) is 17.2 Å². The smallest absolute Gasteiger partial charge is 0.341 e. The molecule has 1 N–H and O–H groups in total. The van der Waals surface area contributed by atoms with Crippen LogP contribution in [-0.4, -0.2) is 12.7 Å². The minimum Gasteiger partial charge on any atom is -0.483 e. The van der Waals surface area contributed by atoms with Crippen molar-refractivity contribution in [3.05, 3.63) is 83.2 Å². The molecule has 1 atom stereocenters. The number of aliphatic imine (C=N–C) groups is 1. The molecule has 0 aliphatic rings. The summed E-state index contributed by atoms with van der Waals surface area (Å²) in [5.74, 6) is 0.293. The van der Waals surface area contributed by atoms with Crippen LogP contribution in [0.1, 0.15) is 11.8 Å². The average Bonchev–Trinajstić information content (AvgIpc) is 2.66. The summed E-state index contributed by atoms with van der Waals surface area (Å²) in [6.45, 7) is 6.92. The molecule has 26 heavy (non-hydrogen) atoms. The van der Waals surface area contributed by atoms with Gasteiger partial charge in [-0.25, -0.2) is 9.79 Å². The number of nitrogens with one attached hydrogen (secondary N) is 1. The van der Waals surface area contributed by atoms with E-state index in [4.69, 9.17) is 4.42 Å². The molecule has 1 aromatic heterocycles. The summed E-state index contributed by atoms with van der Waals surface area (Å²) in [6.07, 6.45) is 1.48. The van der Waals surface area contributed by atoms with Crippen molar-refractivity contribution in [1.82, 2.24) is 5.32 Å². The van der Waals surface area contributed by atoms with Crippen LogP contribution in [0.15, 0.2) is 75.4 Å². The zero-order valence-corrected chi connectivity index (χ0v) is 16.5. The topological polar surface area (TPSA) is 71.7 Å². The van der Waals surface area contributed by atoms with E-state index in [-0.39, 0.29) is 25.9 Å². The van der Waals surface area contributed by atoms with Gasteiger partial charge in [-0.05, 0) is 17.7 Å². The molecule has 0 saturated heterocycles. The molecule has 1 radical (unpaired) electrons. The standard InChI is InChI=1S/C20H15N2O3.Re/c1-3-15(22-20(24)21-2)19-17(13-9-5-4-6-10-13)18(23)14-11-7-8-12-16(14)25-19;/h3-6,8-12,15H,1-2H2,(H,22,24);/q-1;. The summed E-state index contributed by atoms with van der Waals surface area (Å²) in [6, 6.07) is 15.5. The molecule has 5 nitrogen and oxygen atoms in total. The first-order chi connectivity index (χ1) is 12.2. The van der Waals surface area contributed by atoms with E-state index in [1.165, 1.54) is 6.08 Å². The third kappa shape index (κ3) is 3.72. The summed E-state index contributed by atoms with van der Waals surface area (Å²) < 4.78 is 5.96. The van der Waals surface area contributed by atoms with Crippen LogP contribution in [0.25, 0.3) is 22.1 Å². The summed E-state index contributed by atoms with van der Waals surface area (Å²) in [4.78, 5) is 28.0. The molecule has 0 fully saturated rings. The maximum atomic E-state index is 13.1. The van der Waals surface area contributed by atoms with Crippen LogP contribution < -0.4 is 10.7 Å². The van der Waals surface area contributed by atoms with Crippen molar-refractivity contribution in [2.45, 2.75) is 6.04 Å². The quantitative estimate of drug-likeness (QED) is 0.324. The number of amides is 2. The number of hydrogen-bond acceptors (Lipinski definition) is 3. The van der Waals surface area contributed by atoms with Crippen LogP contribution in [0.4, 0.5) is 4.79 Å². The Labute approximate surface area is 164 Å². The van der Waals surface area contributed by atoms with Gasteiger partial charge >= 0.3 is 6.03 Å². The second kappa shape index (κ2) is 8.53. The molecule has 0 saturated carbocycles. The average molecular weight is 518 g/mol. The summed E-state index contributed by atoms with van der Waals surface area (Å²) in [5.41, 5.74) is 1.25. The van der Waals surface area contributed by atoms with Crippen molar-refractivity contribution < 1.29 is 29.6 Å². The SMILES string of the molecule is C=CC(NC(=O)N=C)c1oc2cc[c-]cc2c(=O)c1-c1ccccc1.[Re]. The van der Waals surface area contributed by atoms with Gasteiger partial charge in [-0.2, -0.15) is 18.2 Å². The Morgan fingerprint density at radius 3 is 2.65 bits per heavy atom. The van der Waals surface area contributed by atoms with Crippen LogP contribution in [0.2, 0.25) is 0 Å². The number of carbonyl (C=O) groups excluding carboxylic acids is 1. The van der Waals surface area contributed by atoms with E-state index in [9.17, 15) is 9.59 Å². The monoisotopic (exact) mass is 518 g/mol. The zero-order valence-electron chi connectivity index (χ0n) is 13.7. The van der Waals surface area contributed by atoms with Crippen molar-refractivity contribution in [3.63, 3.8) is 0 Å². The van der Waals surface area contributed by atoms with Gasteiger partial charge in [-0.15, -0.1) is 12.6 Å². The van der Waals surface area contributed by atoms with Gasteiger partial charge < -0.3 is 14.5 Å². The van der Waals surface area contributed by atoms with E-state index in [1.54, 1.807) is 18.2 Å². The summed E-state index contributed by atoms with van der Waals surface area (Å²) in [5, 5.41) is 3.03. The molecule has 2 amide bonds. The van der Waals surface area contributed by atoms with Gasteiger partial charge in [0.25, 0.3) is 0 Å². The molecular weight excluding hydrogens is 502 g/mol. The minimum atomic E-state index is -0.727. The van der Waals surface area contributed by atoms with Crippen molar-refractivity contribution in [1.29, 1.82) is 0 Å². The number of benzene rings is 2. The second-order valence-electron chi connectivity index (χ2n) is 5.28. The summed E-state index contributed by atoms with van der Waals surface area (Å²) >= 11 is 0. The van der Waals surface area contributed by atoms with Crippen LogP contribution in [0, 0.1) is 6.07 Å². The molecule has 0 aliphatic carbocycles. The maximum Gasteiger partial charge on any atom is 0.341 e. The van der Waals surface area contributed by atoms with Crippen molar-refractivity contribution in [2.24, 2.45) is 4.99 Å². The molecule has 1 heterocycles. The number of nitrogens with zero attached hydrogens (tertiary/aromatic N) is 1. The molecule has 3 rings (SSSR count). The summed E-state index contributed by atoms with van der Waals surface area (Å²) in [7, 11) is 0. The molecule has 131 valence electrons. The second-order valence-corrected chi connectivity index (χ2v) is 5.28. The maximum absolute atomic E-state index is 13.1. The largest absolute Gasteiger partial charge is 0.483 e. The van der Waals surface area contributed by atoms with Crippen LogP contribution in [0.5, 0.6) is 0 Å². The van der Waals surface area contributed by atoms with Crippen LogP contribution >= 0.6 is 0 Å². The fourth-order valence-corrected chi connectivity index (χ4v) is 2.61. The van der Waals surface area contributed by atoms with Crippen molar-refractivity contribution in [2.75, 3.05) is 0 Å². The Morgan fingerprint density at radius 1 is 1.27 bits per heavy atom. The molecule has 1 unspecified atom stereocenters. The van der Waals surface area contributed by atoms with E-state index in [0.717, 1.165) is 0 Å². The van der Waals surface area contributed by atoms with E-state index in [0.29, 0.717) is 27.9 Å². The van der Waals surface area contributed by atoms with E-state index < -0.39 is 12.1 Å². The number of rotatable bonds is 4. The number of carbonyl (C=O) groups is 1. The van der Waals surface area contributed by atoms with E-state index in [2.05, 4.69) is 29.7 Å². The molecule has 0 aliphatic heterocycles. The molecule has 6 heteroatoms. The molecule has 3 aromatic rings. The number of urea groups is 1. The third-order valence-corrected chi connectivity index (χ3v) is 3.77. The third-order valence-electron chi connectivity index (χ3n) is 3.77. The molecule has 0 bridgehead atoms. The van der Waals surface area contributed by atoms with E-state index in [1.807, 2.05) is 30.3 Å². The predicted octanol–water partition coefficient (Wildman–Crippen LogP) is 3.89. The normalized spacial score (nSPS) is 11.2. The Kier molecular flexibility index (Phi) is 6.40. The number of hydrogen-bond donors (Lipinski definition) is 1. The number of fused-ring (bicyclic) bond motifs is 1. The first-order valence-corrected chi connectivity index (χ1v) is 7.57. The van der Waals surface area contributed by atoms with Gasteiger partial charge in [-0.3, -0.25) is 0 Å². The molecule has 0 spiro atoms. The molecule has 2 aromatic carbocycles. The van der Waals surface area contributed by atoms with Gasteiger partial charge in [0.05, 0.1) is 5.56 Å². The minimum absolute atomic E-state index is 0. The van der Waals surface area contributed by atoms with Gasteiger partial charge in [-0.1, -0.05) is 36.4 Å². The van der Waals surface area contributed by atoms with Crippen molar-refractivity contribution in [3.8, 4) is 11.1 Å². The Balaban J connectivity index is 0.00000243. The molecular formula is C20H15N2O3Re-. The van der Waals surface area contributed by atoms with Crippen LogP contribution in [-0.2, 0) is 20.4 Å². The predicted molar refractivity (Wildman–Crippen MR) is 97.8 cm³/mol. The van der Waals surface area contributed by atoms with Gasteiger partial charge in [0.15, 0.2) is 0 Å². The Bertz CT molecular complexity index is 1010. The van der Waals surface area contributed by atoms with Crippen molar-refractivity contribution >= 4 is 23.7 Å². The first kappa shape index (κ1) is 19.5.